The second kappa shape index (κ2) is 6.41. The summed E-state index contributed by atoms with van der Waals surface area (Å²) < 4.78 is 10.9. The van der Waals surface area contributed by atoms with Crippen molar-refractivity contribution in [1.29, 1.82) is 0 Å². The largest absolute Gasteiger partial charge is 0.496 e. The van der Waals surface area contributed by atoms with Crippen molar-refractivity contribution in [2.75, 3.05) is 21.3 Å². The number of benzene rings is 1. The molecule has 18 heavy (non-hydrogen) atoms. The Morgan fingerprint density at radius 1 is 1.33 bits per heavy atom. The van der Waals surface area contributed by atoms with Gasteiger partial charge in [-0.3, -0.25) is 0 Å². The minimum absolute atomic E-state index is 0.176. The van der Waals surface area contributed by atoms with Gasteiger partial charge in [0, 0.05) is 18.2 Å². The lowest BCUT2D eigenvalue weighted by Gasteiger charge is -2.33. The van der Waals surface area contributed by atoms with E-state index >= 15 is 0 Å². The number of halogens is 1. The van der Waals surface area contributed by atoms with Crippen molar-refractivity contribution in [3.05, 3.63) is 28.8 Å². The molecule has 0 heterocycles. The Labute approximate surface area is 114 Å². The number of nitrogens with one attached hydrogen (secondary N) is 1. The third-order valence-electron chi connectivity index (χ3n) is 3.38. The molecule has 0 aliphatic carbocycles. The molecule has 102 valence electrons. The van der Waals surface area contributed by atoms with Crippen molar-refractivity contribution in [3.63, 3.8) is 0 Å². The van der Waals surface area contributed by atoms with Crippen LogP contribution in [0.15, 0.2) is 18.2 Å². The Hall–Kier alpha value is -0.770. The maximum Gasteiger partial charge on any atom is 0.122 e. The third-order valence-corrected chi connectivity index (χ3v) is 3.62. The Morgan fingerprint density at radius 3 is 2.50 bits per heavy atom. The van der Waals surface area contributed by atoms with E-state index < -0.39 is 0 Å². The second-order valence-electron chi connectivity index (χ2n) is 4.81. The summed E-state index contributed by atoms with van der Waals surface area (Å²) in [6.45, 7) is 4.12. The zero-order valence-electron chi connectivity index (χ0n) is 11.7. The van der Waals surface area contributed by atoms with Gasteiger partial charge in [-0.2, -0.15) is 0 Å². The van der Waals surface area contributed by atoms with Crippen molar-refractivity contribution >= 4 is 11.6 Å². The van der Waals surface area contributed by atoms with Crippen LogP contribution in [-0.4, -0.2) is 32.9 Å². The standard InChI is InChI=1S/C14H22ClNO2/c1-14(2,18-5)13(16-3)9-10-8-11(15)6-7-12(10)17-4/h6-8,13,16H,9H2,1-5H3. The van der Waals surface area contributed by atoms with E-state index in [0.717, 1.165) is 22.8 Å². The first-order valence-electron chi connectivity index (χ1n) is 5.99. The molecule has 1 atom stereocenters. The molecule has 4 heteroatoms. The molecule has 0 saturated heterocycles. The van der Waals surface area contributed by atoms with Crippen molar-refractivity contribution < 1.29 is 9.47 Å². The molecule has 0 aromatic heterocycles. The zero-order chi connectivity index (χ0) is 13.8. The summed E-state index contributed by atoms with van der Waals surface area (Å²) in [5, 5.41) is 4.01. The van der Waals surface area contributed by atoms with Gasteiger partial charge < -0.3 is 14.8 Å². The molecule has 0 aliphatic rings. The highest BCUT2D eigenvalue weighted by Crippen LogP contribution is 2.26. The maximum atomic E-state index is 6.04. The summed E-state index contributed by atoms with van der Waals surface area (Å²) >= 11 is 6.04. The van der Waals surface area contributed by atoms with Crippen LogP contribution in [0.1, 0.15) is 19.4 Å². The van der Waals surface area contributed by atoms with Crippen molar-refractivity contribution in [2.45, 2.75) is 31.9 Å². The molecular weight excluding hydrogens is 250 g/mol. The zero-order valence-corrected chi connectivity index (χ0v) is 12.5. The van der Waals surface area contributed by atoms with Gasteiger partial charge in [-0.05, 0) is 51.1 Å². The van der Waals surface area contributed by atoms with E-state index in [9.17, 15) is 0 Å². The van der Waals surface area contributed by atoms with Crippen LogP contribution in [0.4, 0.5) is 0 Å². The Balaban J connectivity index is 2.97. The summed E-state index contributed by atoms with van der Waals surface area (Å²) in [7, 11) is 5.32. The topological polar surface area (TPSA) is 30.5 Å². The molecular formula is C14H22ClNO2. The van der Waals surface area contributed by atoms with Crippen LogP contribution in [0.5, 0.6) is 5.75 Å². The highest BCUT2D eigenvalue weighted by atomic mass is 35.5. The third kappa shape index (κ3) is 3.61. The number of rotatable bonds is 6. The first kappa shape index (κ1) is 15.3. The minimum Gasteiger partial charge on any atom is -0.496 e. The number of likely N-dealkylation sites (N-methyl/N-ethyl adjacent to an activating group) is 1. The summed E-state index contributed by atoms with van der Waals surface area (Å²) in [4.78, 5) is 0. The Morgan fingerprint density at radius 2 is 2.00 bits per heavy atom. The van der Waals surface area contributed by atoms with E-state index in [4.69, 9.17) is 21.1 Å². The Kier molecular flexibility index (Phi) is 5.45. The van der Waals surface area contributed by atoms with Gasteiger partial charge in [0.2, 0.25) is 0 Å². The van der Waals surface area contributed by atoms with Crippen LogP contribution in [0, 0.1) is 0 Å². The first-order valence-corrected chi connectivity index (χ1v) is 6.37. The Bertz CT molecular complexity index is 393. The molecule has 0 saturated carbocycles. The normalized spacial score (nSPS) is 13.4. The summed E-state index contributed by atoms with van der Waals surface area (Å²) in [6.07, 6.45) is 0.793. The van der Waals surface area contributed by atoms with E-state index in [-0.39, 0.29) is 11.6 Å². The summed E-state index contributed by atoms with van der Waals surface area (Å²) in [5.41, 5.74) is 0.816. The quantitative estimate of drug-likeness (QED) is 0.863. The van der Waals surface area contributed by atoms with Crippen LogP contribution in [-0.2, 0) is 11.2 Å². The highest BCUT2D eigenvalue weighted by molar-refractivity contribution is 6.30. The first-order chi connectivity index (χ1) is 8.44. The smallest absolute Gasteiger partial charge is 0.122 e. The molecule has 1 unspecified atom stereocenters. The van der Waals surface area contributed by atoms with Crippen LogP contribution >= 0.6 is 11.6 Å². The molecule has 0 spiro atoms. The van der Waals surface area contributed by atoms with Crippen molar-refractivity contribution in [3.8, 4) is 5.75 Å². The van der Waals surface area contributed by atoms with E-state index in [1.807, 2.05) is 25.2 Å². The highest BCUT2D eigenvalue weighted by Gasteiger charge is 2.28. The van der Waals surface area contributed by atoms with Crippen molar-refractivity contribution in [1.82, 2.24) is 5.32 Å². The molecule has 1 N–H and O–H groups in total. The fourth-order valence-corrected chi connectivity index (χ4v) is 2.16. The number of ether oxygens (including phenoxy) is 2. The molecule has 0 amide bonds. The fraction of sp³-hybridized carbons (Fsp3) is 0.571. The molecule has 1 rings (SSSR count). The molecule has 0 radical (unpaired) electrons. The predicted molar refractivity (Wildman–Crippen MR) is 75.6 cm³/mol. The van der Waals surface area contributed by atoms with Crippen LogP contribution < -0.4 is 10.1 Å². The van der Waals surface area contributed by atoms with E-state index in [0.29, 0.717) is 0 Å². The van der Waals surface area contributed by atoms with Gasteiger partial charge in [0.15, 0.2) is 0 Å². The van der Waals surface area contributed by atoms with E-state index in [2.05, 4.69) is 19.2 Å². The van der Waals surface area contributed by atoms with E-state index in [1.165, 1.54) is 0 Å². The van der Waals surface area contributed by atoms with E-state index in [1.54, 1.807) is 14.2 Å². The number of hydrogen-bond donors (Lipinski definition) is 1. The van der Waals surface area contributed by atoms with Gasteiger partial charge in [-0.15, -0.1) is 0 Å². The molecule has 0 fully saturated rings. The van der Waals surface area contributed by atoms with Crippen molar-refractivity contribution in [2.24, 2.45) is 0 Å². The lowest BCUT2D eigenvalue weighted by molar-refractivity contribution is -0.00808. The SMILES string of the molecule is CNC(Cc1cc(Cl)ccc1OC)C(C)(C)OC. The average molecular weight is 272 g/mol. The van der Waals surface area contributed by atoms with Crippen LogP contribution in [0.25, 0.3) is 0 Å². The average Bonchev–Trinajstić information content (AvgIpc) is 2.35. The van der Waals surface area contributed by atoms with Gasteiger partial charge in [-0.25, -0.2) is 0 Å². The molecule has 0 aliphatic heterocycles. The summed E-state index contributed by atoms with van der Waals surface area (Å²) in [5.74, 6) is 0.853. The molecule has 0 bridgehead atoms. The summed E-state index contributed by atoms with van der Waals surface area (Å²) in [6, 6.07) is 5.84. The van der Waals surface area contributed by atoms with Crippen LogP contribution in [0.2, 0.25) is 5.02 Å². The second-order valence-corrected chi connectivity index (χ2v) is 5.25. The fourth-order valence-electron chi connectivity index (χ4n) is 1.96. The van der Waals surface area contributed by atoms with Gasteiger partial charge >= 0.3 is 0 Å². The predicted octanol–water partition coefficient (Wildman–Crippen LogP) is 2.90. The lowest BCUT2D eigenvalue weighted by Crippen LogP contribution is -2.48. The maximum absolute atomic E-state index is 6.04. The molecule has 1 aromatic rings. The molecule has 3 nitrogen and oxygen atoms in total. The lowest BCUT2D eigenvalue weighted by atomic mass is 9.92. The minimum atomic E-state index is -0.262. The van der Waals surface area contributed by atoms with Gasteiger partial charge in [0.05, 0.1) is 12.7 Å². The number of methoxy groups -OCH3 is 2. The molecule has 1 aromatic carbocycles. The number of hydrogen-bond acceptors (Lipinski definition) is 3. The van der Waals surface area contributed by atoms with Gasteiger partial charge in [0.25, 0.3) is 0 Å². The van der Waals surface area contributed by atoms with Gasteiger partial charge in [-0.1, -0.05) is 11.6 Å². The van der Waals surface area contributed by atoms with Crippen LogP contribution in [0.3, 0.4) is 0 Å². The van der Waals surface area contributed by atoms with Gasteiger partial charge in [0.1, 0.15) is 5.75 Å². The monoisotopic (exact) mass is 271 g/mol.